The van der Waals surface area contributed by atoms with Crippen LogP contribution in [-0.4, -0.2) is 48.5 Å². The van der Waals surface area contributed by atoms with E-state index in [0.717, 1.165) is 39.4 Å². The Kier molecular flexibility index (Phi) is 8.50. The zero-order chi connectivity index (χ0) is 27.9. The zero-order valence-corrected chi connectivity index (χ0v) is 23.0. The van der Waals surface area contributed by atoms with Gasteiger partial charge in [0.25, 0.3) is 0 Å². The Labute approximate surface area is 234 Å². The van der Waals surface area contributed by atoms with Crippen LogP contribution in [0.2, 0.25) is 0 Å². The standard InChI is InChI=1S/C28H28N6O5S/c1-17-12-26(34-39-17)33-28(35)32-20-7-5-19(13-24(20)37-3)38-23-8-9-30-22-14-25(40-27(22)23)21-6-4-18(16-31-21)15-29-10-11-36-2/h4-9,12-14,16,29H,10-11,15H2,1-3H3,(H2,32,33,34,35). The summed E-state index contributed by atoms with van der Waals surface area (Å²) in [6.45, 7) is 3.92. The minimum Gasteiger partial charge on any atom is -0.494 e. The van der Waals surface area contributed by atoms with Crippen LogP contribution in [0.5, 0.6) is 17.2 Å². The second kappa shape index (κ2) is 12.6. The van der Waals surface area contributed by atoms with Crippen molar-refractivity contribution in [2.45, 2.75) is 13.5 Å². The normalized spacial score (nSPS) is 11.0. The van der Waals surface area contributed by atoms with Gasteiger partial charge in [-0.1, -0.05) is 11.2 Å². The Morgan fingerprint density at radius 2 is 1.93 bits per heavy atom. The van der Waals surface area contributed by atoms with E-state index in [1.54, 1.807) is 55.8 Å². The van der Waals surface area contributed by atoms with E-state index < -0.39 is 6.03 Å². The number of rotatable bonds is 11. The lowest BCUT2D eigenvalue weighted by Gasteiger charge is -2.13. The third-order valence-electron chi connectivity index (χ3n) is 5.78. The lowest BCUT2D eigenvalue weighted by Crippen LogP contribution is -2.20. The predicted octanol–water partition coefficient (Wildman–Crippen LogP) is 5.84. The Hall–Kier alpha value is -4.52. The molecule has 206 valence electrons. The Bertz CT molecular complexity index is 1600. The molecule has 0 atom stereocenters. The molecule has 5 rings (SSSR count). The molecule has 0 saturated heterocycles. The van der Waals surface area contributed by atoms with E-state index in [2.05, 4.69) is 37.1 Å². The van der Waals surface area contributed by atoms with Gasteiger partial charge in [-0.05, 0) is 36.8 Å². The maximum absolute atomic E-state index is 12.4. The summed E-state index contributed by atoms with van der Waals surface area (Å²) in [6, 6.07) is 14.2. The first-order valence-electron chi connectivity index (χ1n) is 12.4. The highest BCUT2D eigenvalue weighted by atomic mass is 32.1. The molecule has 0 spiro atoms. The zero-order valence-electron chi connectivity index (χ0n) is 22.2. The summed E-state index contributed by atoms with van der Waals surface area (Å²) in [5, 5.41) is 12.4. The third-order valence-corrected chi connectivity index (χ3v) is 6.94. The molecule has 0 radical (unpaired) electrons. The number of ether oxygens (including phenoxy) is 3. The first-order chi connectivity index (χ1) is 19.5. The molecule has 1 aromatic carbocycles. The second-order valence-corrected chi connectivity index (χ2v) is 9.77. The van der Waals surface area contributed by atoms with Crippen molar-refractivity contribution in [1.82, 2.24) is 20.4 Å². The molecule has 0 fully saturated rings. The summed E-state index contributed by atoms with van der Waals surface area (Å²) in [5.41, 5.74) is 3.25. The van der Waals surface area contributed by atoms with E-state index >= 15 is 0 Å². The number of anilines is 2. The van der Waals surface area contributed by atoms with Gasteiger partial charge in [0.2, 0.25) is 0 Å². The van der Waals surface area contributed by atoms with Gasteiger partial charge in [-0.25, -0.2) is 4.79 Å². The summed E-state index contributed by atoms with van der Waals surface area (Å²) in [5.74, 6) is 2.53. The fraction of sp³-hybridized carbons (Fsp3) is 0.214. The largest absolute Gasteiger partial charge is 0.494 e. The molecule has 12 heteroatoms. The highest BCUT2D eigenvalue weighted by Crippen LogP contribution is 2.40. The minimum absolute atomic E-state index is 0.312. The van der Waals surface area contributed by atoms with Crippen LogP contribution in [-0.2, 0) is 11.3 Å². The van der Waals surface area contributed by atoms with Gasteiger partial charge < -0.3 is 29.4 Å². The third kappa shape index (κ3) is 6.54. The van der Waals surface area contributed by atoms with Crippen molar-refractivity contribution in [1.29, 1.82) is 0 Å². The van der Waals surface area contributed by atoms with E-state index in [4.69, 9.17) is 18.7 Å². The highest BCUT2D eigenvalue weighted by Gasteiger charge is 2.14. The number of thiophene rings is 1. The SMILES string of the molecule is COCCNCc1ccc(-c2cc3nccc(Oc4ccc(NC(=O)Nc5cc(C)on5)c(OC)c4)c3s2)nc1. The number of amides is 2. The van der Waals surface area contributed by atoms with Gasteiger partial charge in [0.1, 0.15) is 23.0 Å². The molecule has 0 unspecified atom stereocenters. The van der Waals surface area contributed by atoms with Crippen molar-refractivity contribution in [2.75, 3.05) is 38.0 Å². The fourth-order valence-corrected chi connectivity index (χ4v) is 4.91. The Morgan fingerprint density at radius 3 is 2.67 bits per heavy atom. The van der Waals surface area contributed by atoms with Crippen LogP contribution in [0.25, 0.3) is 20.8 Å². The maximum Gasteiger partial charge on any atom is 0.325 e. The molecular formula is C28H28N6O5S. The number of hydrogen-bond donors (Lipinski definition) is 3. The van der Waals surface area contributed by atoms with Crippen LogP contribution < -0.4 is 25.4 Å². The number of pyridine rings is 2. The number of nitrogens with zero attached hydrogens (tertiary/aromatic N) is 3. The number of carbonyl (C=O) groups is 1. The van der Waals surface area contributed by atoms with Gasteiger partial charge in [0, 0.05) is 50.8 Å². The first kappa shape index (κ1) is 27.1. The van der Waals surface area contributed by atoms with Crippen LogP contribution >= 0.6 is 11.3 Å². The van der Waals surface area contributed by atoms with Gasteiger partial charge in [-0.15, -0.1) is 11.3 Å². The molecule has 0 saturated carbocycles. The van der Waals surface area contributed by atoms with Crippen LogP contribution in [0.1, 0.15) is 11.3 Å². The average Bonchev–Trinajstić information content (AvgIpc) is 3.58. The minimum atomic E-state index is -0.480. The summed E-state index contributed by atoms with van der Waals surface area (Å²) < 4.78 is 22.6. The van der Waals surface area contributed by atoms with E-state index in [1.807, 2.05) is 24.4 Å². The molecule has 0 aliphatic carbocycles. The second-order valence-electron chi connectivity index (χ2n) is 8.72. The number of urea groups is 1. The van der Waals surface area contributed by atoms with Crippen LogP contribution in [0.15, 0.2) is 65.4 Å². The molecule has 40 heavy (non-hydrogen) atoms. The van der Waals surface area contributed by atoms with E-state index in [9.17, 15) is 4.79 Å². The van der Waals surface area contributed by atoms with Gasteiger partial charge >= 0.3 is 6.03 Å². The van der Waals surface area contributed by atoms with Gasteiger partial charge in [0.05, 0.1) is 40.2 Å². The number of aryl methyl sites for hydroxylation is 1. The molecule has 0 aliphatic heterocycles. The molecule has 0 aliphatic rings. The fourth-order valence-electron chi connectivity index (χ4n) is 3.86. The van der Waals surface area contributed by atoms with Crippen molar-refractivity contribution in [3.05, 3.63) is 72.2 Å². The monoisotopic (exact) mass is 560 g/mol. The molecular weight excluding hydrogens is 532 g/mol. The number of carbonyl (C=O) groups excluding carboxylic acids is 1. The van der Waals surface area contributed by atoms with Crippen molar-refractivity contribution < 1.29 is 23.5 Å². The molecule has 11 nitrogen and oxygen atoms in total. The summed E-state index contributed by atoms with van der Waals surface area (Å²) >= 11 is 1.56. The van der Waals surface area contributed by atoms with Gasteiger partial charge in [-0.3, -0.25) is 15.3 Å². The molecule has 3 N–H and O–H groups in total. The molecule has 4 aromatic heterocycles. The number of methoxy groups -OCH3 is 2. The smallest absolute Gasteiger partial charge is 0.325 e. The van der Waals surface area contributed by atoms with Crippen molar-refractivity contribution >= 4 is 39.1 Å². The molecule has 4 heterocycles. The topological polar surface area (TPSA) is 133 Å². The molecule has 0 bridgehead atoms. The lowest BCUT2D eigenvalue weighted by molar-refractivity contribution is 0.199. The van der Waals surface area contributed by atoms with E-state index in [1.165, 1.54) is 7.11 Å². The quantitative estimate of drug-likeness (QED) is 0.171. The summed E-state index contributed by atoms with van der Waals surface area (Å²) in [6.07, 6.45) is 3.58. The van der Waals surface area contributed by atoms with Gasteiger partial charge in [0.15, 0.2) is 5.82 Å². The van der Waals surface area contributed by atoms with Crippen LogP contribution in [0, 0.1) is 6.92 Å². The van der Waals surface area contributed by atoms with Crippen molar-refractivity contribution in [2.24, 2.45) is 0 Å². The number of fused-ring (bicyclic) bond motifs is 1. The number of hydrogen-bond acceptors (Lipinski definition) is 10. The Balaban J connectivity index is 1.29. The number of aromatic nitrogens is 3. The number of benzene rings is 1. The average molecular weight is 561 g/mol. The number of nitrogens with one attached hydrogen (secondary N) is 3. The maximum atomic E-state index is 12.4. The summed E-state index contributed by atoms with van der Waals surface area (Å²) in [7, 11) is 3.21. The van der Waals surface area contributed by atoms with Gasteiger partial charge in [-0.2, -0.15) is 0 Å². The summed E-state index contributed by atoms with van der Waals surface area (Å²) in [4.78, 5) is 22.5. The van der Waals surface area contributed by atoms with Crippen LogP contribution in [0.4, 0.5) is 16.3 Å². The van der Waals surface area contributed by atoms with E-state index in [-0.39, 0.29) is 0 Å². The Morgan fingerprint density at radius 1 is 1.02 bits per heavy atom. The first-order valence-corrected chi connectivity index (χ1v) is 13.2. The molecule has 2 amide bonds. The molecule has 5 aromatic rings. The van der Waals surface area contributed by atoms with Crippen molar-refractivity contribution in [3.63, 3.8) is 0 Å². The van der Waals surface area contributed by atoms with E-state index in [0.29, 0.717) is 41.1 Å². The van der Waals surface area contributed by atoms with Crippen molar-refractivity contribution in [3.8, 4) is 27.8 Å². The predicted molar refractivity (Wildman–Crippen MR) is 153 cm³/mol. The van der Waals surface area contributed by atoms with Crippen LogP contribution in [0.3, 0.4) is 0 Å². The lowest BCUT2D eigenvalue weighted by atomic mass is 10.2. The highest BCUT2D eigenvalue weighted by molar-refractivity contribution is 7.22.